The van der Waals surface area contributed by atoms with Crippen molar-refractivity contribution in [2.24, 2.45) is 16.4 Å². The molecule has 2 aliphatic heterocycles. The maximum absolute atomic E-state index is 13.4. The molecule has 4 aliphatic rings. The van der Waals surface area contributed by atoms with E-state index in [4.69, 9.17) is 39.9 Å². The molecule has 4 amide bonds. The van der Waals surface area contributed by atoms with Gasteiger partial charge in [0.15, 0.2) is 5.78 Å². The molecule has 1 saturated carbocycles. The number of carbonyl (C=O) groups is 6. The second-order valence-electron chi connectivity index (χ2n) is 25.8. The predicted octanol–water partition coefficient (Wildman–Crippen LogP) is 5.62. The maximum Gasteiger partial charge on any atom is 0.407 e. The van der Waals surface area contributed by atoms with E-state index < -0.39 is 62.5 Å². The fourth-order valence-corrected chi connectivity index (χ4v) is 13.1. The zero-order chi connectivity index (χ0) is 91.3. The molecule has 4 N–H and O–H groups in total. The highest BCUT2D eigenvalue weighted by Crippen LogP contribution is 2.38. The summed E-state index contributed by atoms with van der Waals surface area (Å²) in [7, 11) is -4.83. The highest BCUT2D eigenvalue weighted by atomic mass is 125. The molecule has 2 aromatic rings. The molecule has 6 atom stereocenters. The van der Waals surface area contributed by atoms with Gasteiger partial charge in [0.05, 0.1) is 75.6 Å². The second kappa shape index (κ2) is 63.1. The van der Waals surface area contributed by atoms with Gasteiger partial charge in [0.1, 0.15) is 22.7 Å². The van der Waals surface area contributed by atoms with Crippen molar-refractivity contribution in [3.05, 3.63) is 75.4 Å². The molecule has 128 heavy (non-hydrogen) atoms. The average molecular weight is 1840 g/mol. The van der Waals surface area contributed by atoms with E-state index in [0.717, 1.165) is 48.6 Å². The number of alkyl carbamates (subject to hydrolysis) is 1. The lowest BCUT2D eigenvalue weighted by Crippen LogP contribution is -2.41. The van der Waals surface area contributed by atoms with E-state index in [1.807, 2.05) is 49.4 Å². The number of pyridine rings is 2. The van der Waals surface area contributed by atoms with E-state index in [0.29, 0.717) is 57.8 Å². The van der Waals surface area contributed by atoms with Gasteiger partial charge < -0.3 is 39.1 Å². The average Bonchev–Trinajstić information content (AvgIpc) is 0.991. The lowest BCUT2D eigenvalue weighted by Gasteiger charge is -2.32. The van der Waals surface area contributed by atoms with E-state index in [9.17, 15) is 41.7 Å². The molecule has 4 unspecified atom stereocenters. The van der Waals surface area contributed by atoms with Crippen LogP contribution in [-0.4, -0.2) is 164 Å². The Morgan fingerprint density at radius 2 is 1.09 bits per heavy atom. The Hall–Kier alpha value is -15.9. The minimum absolute atomic E-state index is 0.0164. The largest absolute Gasteiger partial charge is 0.462 e. The van der Waals surface area contributed by atoms with Gasteiger partial charge in [-0.2, -0.15) is 13.5 Å². The van der Waals surface area contributed by atoms with Crippen LogP contribution >= 0.6 is 34.4 Å². The van der Waals surface area contributed by atoms with Crippen LogP contribution in [0.5, 0.6) is 0 Å². The summed E-state index contributed by atoms with van der Waals surface area (Å²) in [6, 6.07) is 9.57. The van der Waals surface area contributed by atoms with Gasteiger partial charge in [0.2, 0.25) is 17.7 Å². The first-order valence-electron chi connectivity index (χ1n) is 39.0. The molecule has 0 spiro atoms. The number of nitrogens with zero attached hydrogens (tertiary/aromatic N) is 4. The molecule has 2 aromatic heterocycles. The number of halogens is 1. The van der Waals surface area contributed by atoms with Gasteiger partial charge in [-0.3, -0.25) is 48.8 Å². The lowest BCUT2D eigenvalue weighted by atomic mass is 9.78. The molecule has 4 heterocycles. The number of rotatable bonds is 30. The minimum Gasteiger partial charge on any atom is -0.462 e. The first kappa shape index (κ1) is 101. The monoisotopic (exact) mass is 1840 g/mol. The molecule has 2 fully saturated rings. The summed E-state index contributed by atoms with van der Waals surface area (Å²) >= 11 is 3.20. The second-order valence-corrected chi connectivity index (χ2v) is 29.6. The Kier molecular flexibility index (Phi) is 49.7. The summed E-state index contributed by atoms with van der Waals surface area (Å²) in [5.41, 5.74) is 6.75. The Morgan fingerprint density at radius 3 is 1.58 bits per heavy atom. The van der Waals surface area contributed by atoms with Crippen molar-refractivity contribution in [2.75, 3.05) is 72.5 Å². The van der Waals surface area contributed by atoms with Crippen LogP contribution in [0.3, 0.4) is 0 Å². The molecule has 0 aromatic carbocycles. The molecule has 0 radical (unpaired) electrons. The summed E-state index contributed by atoms with van der Waals surface area (Å²) in [5.74, 6) is 117. The lowest BCUT2D eigenvalue weighted by molar-refractivity contribution is -0.150. The number of terminal acetylenes is 1. The first-order chi connectivity index (χ1) is 62.6. The third kappa shape index (κ3) is 43.7. The fourth-order valence-electron chi connectivity index (χ4n) is 11.2. The Labute approximate surface area is 766 Å². The summed E-state index contributed by atoms with van der Waals surface area (Å²) in [4.78, 5) is 88.3. The quantitative estimate of drug-likeness (QED) is 0.0140. The number of likely N-dealkylation sites (tertiary alicyclic amines) is 1. The SMILES string of the molecule is C#CC#CC#CC#CC#CC#CC#CC#CC#CC#CC#CC#CC#CC#CC#CC#CC#CC#CC#CC#CC#CC#CC#CC#CC#CSC1CC(=O)N(CCOCCOCCNC(=O)O[C@H]2/C=C/CC[C@@](C)(C(=O)NCCOCCOCCCC(=O)C(CCC(=O)OC3CCCC4=C(c5ccc([125I])cn5)NN=C(c5ccccn5)C4CC3)S(=O)(=O)O)CC2)C1=O. The van der Waals surface area contributed by atoms with Crippen molar-refractivity contribution in [3.63, 3.8) is 0 Å². The normalized spacial score (nSPS) is 15.4. The van der Waals surface area contributed by atoms with Crippen LogP contribution in [-0.2, 0) is 62.5 Å². The predicted molar refractivity (Wildman–Crippen MR) is 491 cm³/mol. The minimum atomic E-state index is -4.83. The van der Waals surface area contributed by atoms with Gasteiger partial charge >= 0.3 is 12.1 Å². The number of carbonyl (C=O) groups excluding carboxylic acids is 6. The number of ketones is 1. The number of aromatic nitrogens is 2. The number of imide groups is 1. The van der Waals surface area contributed by atoms with Crippen LogP contribution < -0.4 is 16.1 Å². The van der Waals surface area contributed by atoms with E-state index in [-0.39, 0.29) is 122 Å². The molecule has 1 saturated heterocycles. The van der Waals surface area contributed by atoms with Crippen molar-refractivity contribution in [2.45, 2.75) is 120 Å². The van der Waals surface area contributed by atoms with Gasteiger partial charge in [-0.1, -0.05) is 30.8 Å². The molecule has 2 aliphatic carbocycles. The van der Waals surface area contributed by atoms with E-state index in [1.165, 1.54) is 0 Å². The number of fused-ring (bicyclic) bond motifs is 1. The Bertz CT molecular complexity index is 6490. The first-order valence-corrected chi connectivity index (χ1v) is 42.5. The van der Waals surface area contributed by atoms with Gasteiger partial charge in [0, 0.05) is 256 Å². The maximum atomic E-state index is 13.4. The highest BCUT2D eigenvalue weighted by Gasteiger charge is 2.39. The summed E-state index contributed by atoms with van der Waals surface area (Å²) in [6.07, 6.45) is 14.6. The van der Waals surface area contributed by atoms with Crippen LogP contribution in [0.2, 0.25) is 0 Å². The van der Waals surface area contributed by atoms with Crippen LogP contribution in [0.15, 0.2) is 65.6 Å². The molecule has 6 rings (SSSR count). The van der Waals surface area contributed by atoms with Crippen molar-refractivity contribution in [1.82, 2.24) is 30.9 Å². The fraction of sp³-hybridized carbons (Fsp3) is 0.311. The molecule has 0 bridgehead atoms. The zero-order valence-corrected chi connectivity index (χ0v) is 72.8. The number of thioether (sulfide) groups is 1. The number of hydrazone groups is 1. The van der Waals surface area contributed by atoms with Crippen molar-refractivity contribution >= 4 is 91.4 Å². The number of ether oxygens (including phenoxy) is 6. The van der Waals surface area contributed by atoms with Gasteiger partial charge in [-0.15, -0.1) is 6.42 Å². The molecular formula is C103H72IN7O15S2. The topological polar surface area (TPSA) is 290 Å². The van der Waals surface area contributed by atoms with Crippen molar-refractivity contribution < 1.29 is 70.2 Å². The Balaban J connectivity index is 0.734. The number of hydrogen-bond acceptors (Lipinski definition) is 19. The van der Waals surface area contributed by atoms with Gasteiger partial charge in [0.25, 0.3) is 10.1 Å². The summed E-state index contributed by atoms with van der Waals surface area (Å²) in [6.45, 7) is 3.54. The van der Waals surface area contributed by atoms with Gasteiger partial charge in [-0.25, -0.2) is 4.79 Å². The Morgan fingerprint density at radius 1 is 0.586 bits per heavy atom. The van der Waals surface area contributed by atoms with Crippen LogP contribution in [0, 0.1) is 311 Å². The zero-order valence-electron chi connectivity index (χ0n) is 69.0. The standard InChI is InChI=1S/C103H72IN7O15S2/c1-3-4-5-6-7-8-9-10-11-12-13-14-15-16-17-18-19-20-21-22-23-24-25-26-27-28-29-30-31-32-33-34-35-36-37-38-39-40-41-42-43-44-45-46-47-48-49-54-83-127-94-84-96(113)111(100(94)115)74-78-124-82-81-123-77-73-107-102(117)126-88-57-50-52-69-103(2,70-68-88)101(116)106-72-76-122-80-79-121-75-56-61-93(112)95(128(118,119)120)66-67-97(114)125-87-58-55-59-89-90(64-63-87)99(91-60-51-53-71-105-91)110-109-98(89)92-65-62-86(104)85-108-92/h1,50-51,53,57,60,62,65,71,85,87-88,90,94-95,109H,52,55-56,58-59,61,63-64,66-70,72-82,84H2,2H3,(H,106,116)(H,107,117)(H,118,119,120)/b57-50+/t87?,88-,90?,94?,95?,103+/m0/s1/i104-2. The third-order valence-corrected chi connectivity index (χ3v) is 19.7. The number of hydrogen-bond donors (Lipinski definition) is 4. The van der Waals surface area contributed by atoms with E-state index in [1.54, 1.807) is 12.4 Å². The summed E-state index contributed by atoms with van der Waals surface area (Å²) in [5, 5.41) is 10.6. The number of Topliss-reactive ketones (excluding diaryl/α,β-unsaturated/α-hetero) is 1. The van der Waals surface area contributed by atoms with Gasteiger partial charge in [-0.05, 0) is 229 Å². The van der Waals surface area contributed by atoms with E-state index >= 15 is 0 Å². The molecular weight excluding hydrogens is 1760 g/mol. The molecule has 628 valence electrons. The summed E-state index contributed by atoms with van der Waals surface area (Å²) < 4.78 is 69.7. The van der Waals surface area contributed by atoms with Crippen LogP contribution in [0.1, 0.15) is 108 Å². The number of amides is 4. The smallest absolute Gasteiger partial charge is 0.407 e. The number of allylic oxidation sites excluding steroid dienone is 2. The van der Waals surface area contributed by atoms with Crippen molar-refractivity contribution in [1.29, 1.82) is 0 Å². The van der Waals surface area contributed by atoms with Crippen LogP contribution in [0.4, 0.5) is 4.79 Å². The van der Waals surface area contributed by atoms with Crippen LogP contribution in [0.25, 0.3) is 5.70 Å². The van der Waals surface area contributed by atoms with Crippen molar-refractivity contribution in [3.8, 4) is 296 Å². The molecule has 25 heteroatoms. The molecule has 22 nitrogen and oxygen atoms in total. The number of nitrogens with one attached hydrogen (secondary N) is 3. The highest BCUT2D eigenvalue weighted by molar-refractivity contribution is 14.1. The number of esters is 1. The van der Waals surface area contributed by atoms with E-state index in [2.05, 4.69) is 338 Å². The third-order valence-electron chi connectivity index (χ3n) is 17.0.